The molecular weight excluding hydrogens is 265 g/mol. The van der Waals surface area contributed by atoms with Gasteiger partial charge in [0.1, 0.15) is 5.60 Å². The molecular formula is C10H13BrClNO. The molecule has 0 radical (unpaired) electrons. The Kier molecular flexibility index (Phi) is 3.95. The first-order valence-electron chi connectivity index (χ1n) is 4.40. The lowest BCUT2D eigenvalue weighted by atomic mass is 9.93. The lowest BCUT2D eigenvalue weighted by Gasteiger charge is -2.21. The maximum atomic E-state index is 10.2. The number of halogens is 2. The molecule has 2 N–H and O–H groups in total. The van der Waals surface area contributed by atoms with Crippen LogP contribution in [0.2, 0.25) is 0 Å². The lowest BCUT2D eigenvalue weighted by molar-refractivity contribution is 0.0587. The second-order valence-corrected chi connectivity index (χ2v) is 4.38. The summed E-state index contributed by atoms with van der Waals surface area (Å²) in [7, 11) is 0. The van der Waals surface area contributed by atoms with Crippen LogP contribution in [0.15, 0.2) is 28.7 Å². The van der Waals surface area contributed by atoms with E-state index < -0.39 is 5.60 Å². The molecule has 0 spiro atoms. The van der Waals surface area contributed by atoms with Gasteiger partial charge in [-0.15, -0.1) is 12.4 Å². The number of aliphatic hydroxyl groups is 1. The summed E-state index contributed by atoms with van der Waals surface area (Å²) in [5.41, 5.74) is 0.349. The summed E-state index contributed by atoms with van der Waals surface area (Å²) in [5.74, 6) is 0. The van der Waals surface area contributed by atoms with E-state index in [0.29, 0.717) is 6.54 Å². The van der Waals surface area contributed by atoms with Crippen molar-refractivity contribution >= 4 is 28.3 Å². The Hall–Kier alpha value is -0.0900. The molecule has 14 heavy (non-hydrogen) atoms. The minimum absolute atomic E-state index is 0. The van der Waals surface area contributed by atoms with Gasteiger partial charge in [-0.05, 0) is 30.7 Å². The van der Waals surface area contributed by atoms with Gasteiger partial charge in [-0.25, -0.2) is 0 Å². The predicted molar refractivity (Wildman–Crippen MR) is 62.8 cm³/mol. The first-order valence-corrected chi connectivity index (χ1v) is 5.19. The van der Waals surface area contributed by atoms with Crippen LogP contribution in [0.5, 0.6) is 0 Å². The van der Waals surface area contributed by atoms with E-state index in [1.165, 1.54) is 0 Å². The zero-order chi connectivity index (χ0) is 9.31. The van der Waals surface area contributed by atoms with E-state index in [0.717, 1.165) is 23.0 Å². The number of hydrogen-bond acceptors (Lipinski definition) is 2. The topological polar surface area (TPSA) is 32.3 Å². The Bertz CT molecular complexity index is 295. The Morgan fingerprint density at radius 3 is 2.43 bits per heavy atom. The predicted octanol–water partition coefficient (Wildman–Crippen LogP) is 2.05. The third kappa shape index (κ3) is 2.28. The molecule has 1 unspecified atom stereocenters. The van der Waals surface area contributed by atoms with E-state index in [4.69, 9.17) is 0 Å². The molecule has 0 amide bonds. The molecule has 1 fully saturated rings. The van der Waals surface area contributed by atoms with Gasteiger partial charge in [-0.2, -0.15) is 0 Å². The zero-order valence-corrected chi connectivity index (χ0v) is 10.1. The summed E-state index contributed by atoms with van der Waals surface area (Å²) >= 11 is 3.37. The van der Waals surface area contributed by atoms with Crippen LogP contribution in [0.1, 0.15) is 12.0 Å². The van der Waals surface area contributed by atoms with Gasteiger partial charge in [0.2, 0.25) is 0 Å². The highest BCUT2D eigenvalue weighted by atomic mass is 79.9. The van der Waals surface area contributed by atoms with Crippen molar-refractivity contribution in [3.05, 3.63) is 34.3 Å². The molecule has 4 heteroatoms. The summed E-state index contributed by atoms with van der Waals surface area (Å²) in [6, 6.07) is 7.87. The fourth-order valence-corrected chi connectivity index (χ4v) is 1.95. The minimum atomic E-state index is -0.652. The van der Waals surface area contributed by atoms with Crippen LogP contribution >= 0.6 is 28.3 Å². The highest BCUT2D eigenvalue weighted by Crippen LogP contribution is 2.28. The smallest absolute Gasteiger partial charge is 0.103 e. The third-order valence-corrected chi connectivity index (χ3v) is 3.04. The molecule has 2 rings (SSSR count). The average Bonchev–Trinajstić information content (AvgIpc) is 2.54. The van der Waals surface area contributed by atoms with E-state index in [-0.39, 0.29) is 12.4 Å². The van der Waals surface area contributed by atoms with Crippen molar-refractivity contribution in [3.63, 3.8) is 0 Å². The number of hydrogen-bond donors (Lipinski definition) is 2. The Morgan fingerprint density at radius 1 is 1.29 bits per heavy atom. The highest BCUT2D eigenvalue weighted by molar-refractivity contribution is 9.10. The summed E-state index contributed by atoms with van der Waals surface area (Å²) in [6.07, 6.45) is 0.800. The molecule has 1 atom stereocenters. The Morgan fingerprint density at radius 2 is 1.93 bits per heavy atom. The number of nitrogens with one attached hydrogen (secondary N) is 1. The minimum Gasteiger partial charge on any atom is -0.384 e. The molecule has 1 aliphatic heterocycles. The van der Waals surface area contributed by atoms with Crippen LogP contribution in [0.3, 0.4) is 0 Å². The second-order valence-electron chi connectivity index (χ2n) is 3.47. The van der Waals surface area contributed by atoms with Gasteiger partial charge in [-0.1, -0.05) is 28.1 Å². The summed E-state index contributed by atoms with van der Waals surface area (Å²) in [4.78, 5) is 0. The van der Waals surface area contributed by atoms with Gasteiger partial charge in [0, 0.05) is 11.0 Å². The van der Waals surface area contributed by atoms with Gasteiger partial charge < -0.3 is 10.4 Å². The zero-order valence-electron chi connectivity index (χ0n) is 7.66. The van der Waals surface area contributed by atoms with Crippen molar-refractivity contribution in [2.45, 2.75) is 12.0 Å². The van der Waals surface area contributed by atoms with E-state index in [2.05, 4.69) is 21.2 Å². The van der Waals surface area contributed by atoms with Crippen molar-refractivity contribution < 1.29 is 5.11 Å². The maximum Gasteiger partial charge on any atom is 0.103 e. The van der Waals surface area contributed by atoms with E-state index in [1.54, 1.807) is 0 Å². The molecule has 78 valence electrons. The van der Waals surface area contributed by atoms with Crippen molar-refractivity contribution in [2.75, 3.05) is 13.1 Å². The fraction of sp³-hybridized carbons (Fsp3) is 0.400. The van der Waals surface area contributed by atoms with E-state index in [1.807, 2.05) is 24.3 Å². The summed E-state index contributed by atoms with van der Waals surface area (Å²) in [6.45, 7) is 1.56. The Labute approximate surface area is 98.3 Å². The maximum absolute atomic E-state index is 10.2. The fourth-order valence-electron chi connectivity index (χ4n) is 1.69. The van der Waals surface area contributed by atoms with Crippen molar-refractivity contribution in [1.82, 2.24) is 5.32 Å². The SMILES string of the molecule is Cl.OC1(c2ccc(Br)cc2)CCNC1. The van der Waals surface area contributed by atoms with Crippen LogP contribution in [0.25, 0.3) is 0 Å². The van der Waals surface area contributed by atoms with Gasteiger partial charge in [0.15, 0.2) is 0 Å². The van der Waals surface area contributed by atoms with E-state index >= 15 is 0 Å². The molecule has 0 aliphatic carbocycles. The van der Waals surface area contributed by atoms with Gasteiger partial charge >= 0.3 is 0 Å². The van der Waals surface area contributed by atoms with Crippen molar-refractivity contribution in [2.24, 2.45) is 0 Å². The second kappa shape index (κ2) is 4.62. The Balaban J connectivity index is 0.000000980. The molecule has 0 bridgehead atoms. The van der Waals surface area contributed by atoms with Crippen LogP contribution < -0.4 is 5.32 Å². The molecule has 1 saturated heterocycles. The first-order chi connectivity index (χ1) is 6.21. The van der Waals surface area contributed by atoms with Gasteiger partial charge in [0.05, 0.1) is 0 Å². The third-order valence-electron chi connectivity index (χ3n) is 2.51. The number of benzene rings is 1. The van der Waals surface area contributed by atoms with Crippen LogP contribution in [0.4, 0.5) is 0 Å². The number of rotatable bonds is 1. The summed E-state index contributed by atoms with van der Waals surface area (Å²) < 4.78 is 1.05. The largest absolute Gasteiger partial charge is 0.384 e. The molecule has 1 aromatic carbocycles. The molecule has 2 nitrogen and oxygen atoms in total. The molecule has 0 aromatic heterocycles. The average molecular weight is 279 g/mol. The molecule has 1 heterocycles. The standard InChI is InChI=1S/C10H12BrNO.ClH/c11-9-3-1-8(2-4-9)10(13)5-6-12-7-10;/h1-4,12-13H,5-7H2;1H. The quantitative estimate of drug-likeness (QED) is 0.824. The van der Waals surface area contributed by atoms with Gasteiger partial charge in [-0.3, -0.25) is 0 Å². The van der Waals surface area contributed by atoms with Gasteiger partial charge in [0.25, 0.3) is 0 Å². The normalized spacial score (nSPS) is 25.9. The molecule has 1 aromatic rings. The van der Waals surface area contributed by atoms with Crippen molar-refractivity contribution in [1.29, 1.82) is 0 Å². The van der Waals surface area contributed by atoms with Crippen LogP contribution in [-0.4, -0.2) is 18.2 Å². The highest BCUT2D eigenvalue weighted by Gasteiger charge is 2.32. The van der Waals surface area contributed by atoms with Crippen LogP contribution in [-0.2, 0) is 5.60 Å². The van der Waals surface area contributed by atoms with E-state index in [9.17, 15) is 5.11 Å². The summed E-state index contributed by atoms with van der Waals surface area (Å²) in [5, 5.41) is 13.3. The van der Waals surface area contributed by atoms with Crippen molar-refractivity contribution in [3.8, 4) is 0 Å². The monoisotopic (exact) mass is 277 g/mol. The molecule has 1 aliphatic rings. The van der Waals surface area contributed by atoms with Crippen LogP contribution in [0, 0.1) is 0 Å². The number of β-amino-alcohol motifs (C(OH)–C–C–N with tert-alkyl or cyclic N) is 1. The lowest BCUT2D eigenvalue weighted by Crippen LogP contribution is -2.28. The first kappa shape index (κ1) is 12.0. The molecule has 0 saturated carbocycles.